The number of benzene rings is 2. The Hall–Kier alpha value is -2.34. The second-order valence-electron chi connectivity index (χ2n) is 5.39. The third-order valence-electron chi connectivity index (χ3n) is 3.33. The molecule has 1 N–H and O–H groups in total. The number of amides is 1. The molecule has 0 spiro atoms. The summed E-state index contributed by atoms with van der Waals surface area (Å²) in [7, 11) is 0. The average molecular weight is 406 g/mol. The number of nitrogens with one attached hydrogen (secondary N) is 1. The molecule has 2 aromatic rings. The van der Waals surface area contributed by atoms with E-state index in [-0.39, 0.29) is 12.3 Å². The van der Waals surface area contributed by atoms with E-state index in [2.05, 4.69) is 21.2 Å². The van der Waals surface area contributed by atoms with Gasteiger partial charge in [-0.25, -0.2) is 0 Å². The van der Waals surface area contributed by atoms with Gasteiger partial charge in [-0.2, -0.15) is 0 Å². The van der Waals surface area contributed by atoms with Gasteiger partial charge in [-0.15, -0.1) is 0 Å². The number of anilines is 1. The van der Waals surface area contributed by atoms with Crippen LogP contribution in [0.3, 0.4) is 0 Å². The molecule has 1 atom stereocenters. The van der Waals surface area contributed by atoms with Gasteiger partial charge >= 0.3 is 5.97 Å². The van der Waals surface area contributed by atoms with E-state index in [1.165, 1.54) is 0 Å². The van der Waals surface area contributed by atoms with Gasteiger partial charge < -0.3 is 14.8 Å². The number of carbonyl (C=O) groups is 2. The lowest BCUT2D eigenvalue weighted by Crippen LogP contribution is -2.30. The third-order valence-corrected chi connectivity index (χ3v) is 3.86. The largest absolute Gasteiger partial charge is 0.494 e. The van der Waals surface area contributed by atoms with Crippen molar-refractivity contribution in [3.05, 3.63) is 59.1 Å². The molecule has 0 aliphatic carbocycles. The predicted molar refractivity (Wildman–Crippen MR) is 99.5 cm³/mol. The molecule has 0 radical (unpaired) electrons. The Morgan fingerprint density at radius 2 is 1.76 bits per heavy atom. The Kier molecular flexibility index (Phi) is 7.47. The van der Waals surface area contributed by atoms with E-state index < -0.39 is 12.1 Å². The van der Waals surface area contributed by atoms with Crippen LogP contribution in [0.4, 0.5) is 5.69 Å². The van der Waals surface area contributed by atoms with Gasteiger partial charge in [-0.05, 0) is 49.7 Å². The summed E-state index contributed by atoms with van der Waals surface area (Å²) in [6, 6.07) is 16.5. The molecule has 0 aromatic heterocycles. The van der Waals surface area contributed by atoms with E-state index in [0.29, 0.717) is 18.7 Å². The van der Waals surface area contributed by atoms with Crippen LogP contribution in [-0.4, -0.2) is 24.6 Å². The van der Waals surface area contributed by atoms with Crippen LogP contribution in [0.15, 0.2) is 59.1 Å². The molecule has 0 aliphatic heterocycles. The zero-order valence-corrected chi connectivity index (χ0v) is 15.5. The summed E-state index contributed by atoms with van der Waals surface area (Å²) in [6.07, 6.45) is -0.137. The Labute approximate surface area is 155 Å². The van der Waals surface area contributed by atoms with Crippen molar-refractivity contribution in [1.82, 2.24) is 0 Å². The van der Waals surface area contributed by atoms with Crippen LogP contribution < -0.4 is 10.1 Å². The lowest BCUT2D eigenvalue weighted by molar-refractivity contribution is -0.153. The minimum Gasteiger partial charge on any atom is -0.494 e. The second-order valence-corrected chi connectivity index (χ2v) is 6.31. The summed E-state index contributed by atoms with van der Waals surface area (Å²) in [5.74, 6) is -0.0343. The number of halogens is 1. The van der Waals surface area contributed by atoms with E-state index in [1.807, 2.05) is 42.5 Å². The van der Waals surface area contributed by atoms with Crippen LogP contribution in [0.1, 0.15) is 19.8 Å². The zero-order valence-electron chi connectivity index (χ0n) is 13.9. The Morgan fingerprint density at radius 3 is 2.44 bits per heavy atom. The summed E-state index contributed by atoms with van der Waals surface area (Å²) in [6.45, 7) is 1.95. The number of carbonyl (C=O) groups excluding carboxylic acids is 2. The predicted octanol–water partition coefficient (Wildman–Crippen LogP) is 4.18. The quantitative estimate of drug-likeness (QED) is 0.528. The van der Waals surface area contributed by atoms with Crippen LogP contribution in [0.2, 0.25) is 0 Å². The maximum Gasteiger partial charge on any atom is 0.306 e. The first kappa shape index (κ1) is 19.0. The first-order chi connectivity index (χ1) is 12.0. The van der Waals surface area contributed by atoms with E-state index in [9.17, 15) is 9.59 Å². The van der Waals surface area contributed by atoms with Crippen LogP contribution in [0, 0.1) is 0 Å². The summed E-state index contributed by atoms with van der Waals surface area (Å²) in [4.78, 5) is 23.8. The molecule has 0 saturated heterocycles. The summed E-state index contributed by atoms with van der Waals surface area (Å²) in [5.41, 5.74) is 0.665. The minimum atomic E-state index is -0.847. The van der Waals surface area contributed by atoms with Crippen LogP contribution in [0.25, 0.3) is 0 Å². The van der Waals surface area contributed by atoms with Gasteiger partial charge in [-0.1, -0.05) is 34.1 Å². The molecule has 0 aliphatic rings. The van der Waals surface area contributed by atoms with Crippen molar-refractivity contribution in [3.63, 3.8) is 0 Å². The average Bonchev–Trinajstić information content (AvgIpc) is 2.61. The zero-order chi connectivity index (χ0) is 18.1. The number of hydrogen-bond acceptors (Lipinski definition) is 4. The number of hydrogen-bond donors (Lipinski definition) is 1. The van der Waals surface area contributed by atoms with Gasteiger partial charge in [0.1, 0.15) is 5.75 Å². The van der Waals surface area contributed by atoms with Gasteiger partial charge in [0, 0.05) is 16.6 Å². The molecule has 0 fully saturated rings. The molecule has 1 amide bonds. The second kappa shape index (κ2) is 9.84. The molecule has 0 heterocycles. The number of ether oxygens (including phenoxy) is 2. The highest BCUT2D eigenvalue weighted by atomic mass is 79.9. The normalized spacial score (nSPS) is 11.4. The number of esters is 1. The van der Waals surface area contributed by atoms with E-state index in [0.717, 1.165) is 10.2 Å². The van der Waals surface area contributed by atoms with Crippen molar-refractivity contribution in [1.29, 1.82) is 0 Å². The molecular formula is C19H20BrNO4. The smallest absolute Gasteiger partial charge is 0.306 e. The lowest BCUT2D eigenvalue weighted by Gasteiger charge is -2.13. The summed E-state index contributed by atoms with van der Waals surface area (Å²) in [5, 5.41) is 2.70. The molecule has 132 valence electrons. The van der Waals surface area contributed by atoms with E-state index in [4.69, 9.17) is 9.47 Å². The monoisotopic (exact) mass is 405 g/mol. The molecule has 0 saturated carbocycles. The Bertz CT molecular complexity index is 688. The standard InChI is InChI=1S/C19H20BrNO4/c1-14(19(23)21-16-6-3-2-4-7-16)25-18(22)8-5-13-24-17-11-9-15(20)10-12-17/h2-4,6-7,9-12,14H,5,8,13H2,1H3,(H,21,23)/t14-/m0/s1. The highest BCUT2D eigenvalue weighted by Crippen LogP contribution is 2.16. The molecule has 0 bridgehead atoms. The van der Waals surface area contributed by atoms with Gasteiger partial charge in [0.25, 0.3) is 5.91 Å². The molecule has 2 aromatic carbocycles. The fraction of sp³-hybridized carbons (Fsp3) is 0.263. The van der Waals surface area contributed by atoms with Crippen molar-refractivity contribution >= 4 is 33.5 Å². The highest BCUT2D eigenvalue weighted by molar-refractivity contribution is 9.10. The Balaban J connectivity index is 1.65. The maximum atomic E-state index is 12.0. The first-order valence-corrected chi connectivity index (χ1v) is 8.77. The summed E-state index contributed by atoms with van der Waals surface area (Å²) < 4.78 is 11.7. The van der Waals surface area contributed by atoms with Crippen LogP contribution >= 0.6 is 15.9 Å². The van der Waals surface area contributed by atoms with E-state index in [1.54, 1.807) is 19.1 Å². The van der Waals surface area contributed by atoms with Crippen LogP contribution in [0.5, 0.6) is 5.75 Å². The molecule has 5 nitrogen and oxygen atoms in total. The van der Waals surface area contributed by atoms with Gasteiger partial charge in [0.05, 0.1) is 6.61 Å². The van der Waals surface area contributed by atoms with Gasteiger partial charge in [0.2, 0.25) is 0 Å². The maximum absolute atomic E-state index is 12.0. The molecular weight excluding hydrogens is 386 g/mol. The fourth-order valence-electron chi connectivity index (χ4n) is 2.01. The van der Waals surface area contributed by atoms with Gasteiger partial charge in [-0.3, -0.25) is 9.59 Å². The topological polar surface area (TPSA) is 64.6 Å². The molecule has 0 unspecified atom stereocenters. The van der Waals surface area contributed by atoms with Crippen molar-refractivity contribution < 1.29 is 19.1 Å². The number of para-hydroxylation sites is 1. The summed E-state index contributed by atoms with van der Waals surface area (Å²) >= 11 is 3.35. The Morgan fingerprint density at radius 1 is 1.08 bits per heavy atom. The molecule has 2 rings (SSSR count). The SMILES string of the molecule is C[C@H](OC(=O)CCCOc1ccc(Br)cc1)C(=O)Nc1ccccc1. The fourth-order valence-corrected chi connectivity index (χ4v) is 2.28. The third kappa shape index (κ3) is 6.97. The van der Waals surface area contributed by atoms with Crippen molar-refractivity contribution in [2.45, 2.75) is 25.9 Å². The highest BCUT2D eigenvalue weighted by Gasteiger charge is 2.17. The molecule has 25 heavy (non-hydrogen) atoms. The van der Waals surface area contributed by atoms with Crippen molar-refractivity contribution in [2.24, 2.45) is 0 Å². The molecule has 6 heteroatoms. The minimum absolute atomic E-state index is 0.194. The van der Waals surface area contributed by atoms with E-state index >= 15 is 0 Å². The van der Waals surface area contributed by atoms with Crippen molar-refractivity contribution in [3.8, 4) is 5.75 Å². The number of rotatable bonds is 8. The lowest BCUT2D eigenvalue weighted by atomic mass is 10.3. The van der Waals surface area contributed by atoms with Crippen molar-refractivity contribution in [2.75, 3.05) is 11.9 Å². The first-order valence-electron chi connectivity index (χ1n) is 7.98. The van der Waals surface area contributed by atoms with Gasteiger partial charge in [0.15, 0.2) is 6.10 Å². The van der Waals surface area contributed by atoms with Crippen LogP contribution in [-0.2, 0) is 14.3 Å².